The van der Waals surface area contributed by atoms with Gasteiger partial charge in [-0.3, -0.25) is 9.59 Å². The van der Waals surface area contributed by atoms with E-state index in [9.17, 15) is 19.5 Å². The van der Waals surface area contributed by atoms with Gasteiger partial charge in [0, 0.05) is 9.49 Å². The second-order valence-electron chi connectivity index (χ2n) is 9.08. The number of amides is 4. The minimum absolute atomic E-state index is 0.130. The summed E-state index contributed by atoms with van der Waals surface area (Å²) in [6.07, 6.45) is -0.622. The molecule has 198 valence electrons. The van der Waals surface area contributed by atoms with Crippen LogP contribution in [0.1, 0.15) is 36.9 Å². The maximum atomic E-state index is 13.7. The molecule has 8 nitrogen and oxygen atoms in total. The summed E-state index contributed by atoms with van der Waals surface area (Å²) >= 11 is 8.46. The third-order valence-electron chi connectivity index (χ3n) is 6.21. The van der Waals surface area contributed by atoms with Crippen molar-refractivity contribution in [2.45, 2.75) is 38.0 Å². The molecule has 0 aliphatic carbocycles. The lowest BCUT2D eigenvalue weighted by Gasteiger charge is -2.30. The van der Waals surface area contributed by atoms with E-state index in [-0.39, 0.29) is 6.61 Å². The van der Waals surface area contributed by atoms with Gasteiger partial charge in [0.05, 0.1) is 16.8 Å². The number of nitrogens with zero attached hydrogens (tertiary/aromatic N) is 1. The van der Waals surface area contributed by atoms with Crippen LogP contribution in [0.2, 0.25) is 5.02 Å². The summed E-state index contributed by atoms with van der Waals surface area (Å²) in [6, 6.07) is 18.3. The minimum atomic E-state index is -1.14. The number of imide groups is 1. The lowest BCUT2D eigenvalue weighted by molar-refractivity contribution is -0.134. The molecule has 1 aliphatic rings. The van der Waals surface area contributed by atoms with Crippen LogP contribution in [0.3, 0.4) is 0 Å². The molecule has 3 aromatic rings. The smallest absolute Gasteiger partial charge is 0.325 e. The molecule has 10 heteroatoms. The Morgan fingerprint density at radius 2 is 1.79 bits per heavy atom. The number of nitrogens with one attached hydrogen (secondary N) is 2. The lowest BCUT2D eigenvalue weighted by Crippen LogP contribution is -2.50. The number of carbonyl (C=O) groups excluding carboxylic acids is 3. The number of rotatable bonds is 9. The zero-order valence-corrected chi connectivity index (χ0v) is 23.6. The molecule has 1 aliphatic heterocycles. The van der Waals surface area contributed by atoms with Gasteiger partial charge in [-0.25, -0.2) is 9.69 Å². The normalized spacial score (nSPS) is 17.5. The van der Waals surface area contributed by atoms with Crippen molar-refractivity contribution in [1.82, 2.24) is 10.2 Å². The van der Waals surface area contributed by atoms with Crippen LogP contribution in [0, 0.1) is 3.57 Å². The van der Waals surface area contributed by atoms with Crippen molar-refractivity contribution in [2.75, 3.05) is 11.9 Å². The minimum Gasteiger partial charge on any atom is -0.491 e. The van der Waals surface area contributed by atoms with Gasteiger partial charge in [0.1, 0.15) is 24.4 Å². The number of aliphatic hydroxyl groups excluding tert-OH is 1. The molecule has 0 bridgehead atoms. The van der Waals surface area contributed by atoms with Crippen molar-refractivity contribution in [3.05, 3.63) is 92.5 Å². The van der Waals surface area contributed by atoms with E-state index < -0.39 is 42.0 Å². The molecule has 4 atom stereocenters. The molecule has 3 aromatic carbocycles. The highest BCUT2D eigenvalue weighted by molar-refractivity contribution is 14.1. The summed E-state index contributed by atoms with van der Waals surface area (Å²) in [5.74, 6) is -1.06. The van der Waals surface area contributed by atoms with Gasteiger partial charge >= 0.3 is 6.03 Å². The number of anilines is 1. The first-order chi connectivity index (χ1) is 18.2. The highest BCUT2D eigenvalue weighted by Gasteiger charge is 2.47. The standard InChI is InChI=1S/C28H27ClIN3O5/c1-16(34)15-38-21-11-8-19(9-12-21)24-27(36)33(28(37)32-24)25(17(2)18-6-4-3-5-7-18)26(35)31-23-13-10-20(30)14-22(23)29/h3-14,16-17,24-25,34H,15H2,1-2H3,(H,31,35)(H,32,37)/t16?,17-,24?,25-/m0/s1. The zero-order valence-electron chi connectivity index (χ0n) is 20.7. The fraction of sp³-hybridized carbons (Fsp3) is 0.250. The summed E-state index contributed by atoms with van der Waals surface area (Å²) in [7, 11) is 0. The number of halogens is 2. The molecule has 4 rings (SSSR count). The van der Waals surface area contributed by atoms with Gasteiger partial charge in [-0.1, -0.05) is 61.0 Å². The van der Waals surface area contributed by atoms with E-state index in [1.807, 2.05) is 30.3 Å². The second-order valence-corrected chi connectivity index (χ2v) is 10.7. The van der Waals surface area contributed by atoms with Gasteiger partial charge in [0.2, 0.25) is 5.91 Å². The Balaban J connectivity index is 1.63. The average Bonchev–Trinajstić information content (AvgIpc) is 3.19. The molecular formula is C28H27ClIN3O5. The predicted octanol–water partition coefficient (Wildman–Crippen LogP) is 5.11. The summed E-state index contributed by atoms with van der Waals surface area (Å²) in [5, 5.41) is 15.3. The topological polar surface area (TPSA) is 108 Å². The summed E-state index contributed by atoms with van der Waals surface area (Å²) in [5.41, 5.74) is 1.73. The van der Waals surface area contributed by atoms with E-state index in [0.717, 1.165) is 14.0 Å². The largest absolute Gasteiger partial charge is 0.491 e. The second kappa shape index (κ2) is 12.1. The van der Waals surface area contributed by atoms with Crippen molar-refractivity contribution in [3.8, 4) is 5.75 Å². The molecule has 1 heterocycles. The van der Waals surface area contributed by atoms with Gasteiger partial charge in [0.15, 0.2) is 0 Å². The Hall–Kier alpha value is -3.15. The molecule has 1 saturated heterocycles. The molecule has 1 fully saturated rings. The fourth-order valence-corrected chi connectivity index (χ4v) is 5.16. The van der Waals surface area contributed by atoms with E-state index in [1.54, 1.807) is 56.3 Å². The first-order valence-electron chi connectivity index (χ1n) is 12.0. The third-order valence-corrected chi connectivity index (χ3v) is 7.19. The van der Waals surface area contributed by atoms with Gasteiger partial charge in [0.25, 0.3) is 5.91 Å². The molecule has 4 amide bonds. The van der Waals surface area contributed by atoms with Crippen LogP contribution in [0.4, 0.5) is 10.5 Å². The van der Waals surface area contributed by atoms with Crippen LogP contribution in [0.15, 0.2) is 72.8 Å². The van der Waals surface area contributed by atoms with Crippen LogP contribution < -0.4 is 15.4 Å². The number of hydrogen-bond donors (Lipinski definition) is 3. The van der Waals surface area contributed by atoms with E-state index in [2.05, 4.69) is 33.2 Å². The maximum absolute atomic E-state index is 13.7. The average molecular weight is 648 g/mol. The van der Waals surface area contributed by atoms with Crippen LogP contribution >= 0.6 is 34.2 Å². The quantitative estimate of drug-likeness (QED) is 0.221. The number of aliphatic hydroxyl groups is 1. The van der Waals surface area contributed by atoms with Crippen molar-refractivity contribution in [3.63, 3.8) is 0 Å². The summed E-state index contributed by atoms with van der Waals surface area (Å²) in [6.45, 7) is 3.55. The van der Waals surface area contributed by atoms with Gasteiger partial charge < -0.3 is 20.5 Å². The van der Waals surface area contributed by atoms with Crippen LogP contribution in [0.25, 0.3) is 0 Å². The van der Waals surface area contributed by atoms with Crippen molar-refractivity contribution >= 4 is 57.7 Å². The summed E-state index contributed by atoms with van der Waals surface area (Å²) in [4.78, 5) is 41.5. The van der Waals surface area contributed by atoms with Gasteiger partial charge in [-0.15, -0.1) is 0 Å². The number of benzene rings is 3. The van der Waals surface area contributed by atoms with Gasteiger partial charge in [-0.2, -0.15) is 0 Å². The molecule has 0 spiro atoms. The monoisotopic (exact) mass is 647 g/mol. The van der Waals surface area contributed by atoms with Crippen LogP contribution in [-0.2, 0) is 9.59 Å². The SMILES string of the molecule is CC(O)COc1ccc(C2NC(=O)N([C@H](C(=O)Nc3ccc(I)cc3Cl)[C@@H](C)c3ccccc3)C2=O)cc1. The lowest BCUT2D eigenvalue weighted by atomic mass is 9.91. The Labute approximate surface area is 239 Å². The van der Waals surface area contributed by atoms with Crippen molar-refractivity contribution in [2.24, 2.45) is 0 Å². The Morgan fingerprint density at radius 3 is 2.42 bits per heavy atom. The number of carbonyl (C=O) groups is 3. The molecule has 3 N–H and O–H groups in total. The summed E-state index contributed by atoms with van der Waals surface area (Å²) < 4.78 is 6.38. The zero-order chi connectivity index (χ0) is 27.4. The predicted molar refractivity (Wildman–Crippen MR) is 153 cm³/mol. The number of hydrogen-bond acceptors (Lipinski definition) is 5. The van der Waals surface area contributed by atoms with E-state index >= 15 is 0 Å². The van der Waals surface area contributed by atoms with Crippen LogP contribution in [-0.4, -0.2) is 46.6 Å². The maximum Gasteiger partial charge on any atom is 0.325 e. The molecule has 0 aromatic heterocycles. The van der Waals surface area contributed by atoms with E-state index in [4.69, 9.17) is 16.3 Å². The van der Waals surface area contributed by atoms with E-state index in [0.29, 0.717) is 22.0 Å². The fourth-order valence-electron chi connectivity index (χ4n) is 4.26. The van der Waals surface area contributed by atoms with Crippen LogP contribution in [0.5, 0.6) is 5.75 Å². The molecule has 0 radical (unpaired) electrons. The first-order valence-corrected chi connectivity index (χ1v) is 13.5. The molecule has 0 saturated carbocycles. The molecular weight excluding hydrogens is 621 g/mol. The van der Waals surface area contributed by atoms with Gasteiger partial charge in [-0.05, 0) is 71.0 Å². The van der Waals surface area contributed by atoms with Crippen molar-refractivity contribution < 1.29 is 24.2 Å². The Bertz CT molecular complexity index is 1320. The molecule has 2 unspecified atom stereocenters. The first kappa shape index (κ1) is 27.9. The highest BCUT2D eigenvalue weighted by atomic mass is 127. The number of ether oxygens (including phenoxy) is 1. The Kier molecular flexibility index (Phi) is 8.91. The van der Waals surface area contributed by atoms with Crippen molar-refractivity contribution in [1.29, 1.82) is 0 Å². The highest BCUT2D eigenvalue weighted by Crippen LogP contribution is 2.32. The van der Waals surface area contributed by atoms with E-state index in [1.165, 1.54) is 0 Å². The third kappa shape index (κ3) is 6.28. The number of urea groups is 1. The Morgan fingerprint density at radius 1 is 1.11 bits per heavy atom. The molecule has 38 heavy (non-hydrogen) atoms.